The largest absolute Gasteiger partial charge is 0.424 e. The van der Waals surface area contributed by atoms with Crippen LogP contribution in [0.5, 0.6) is 0 Å². The van der Waals surface area contributed by atoms with Crippen molar-refractivity contribution in [3.8, 4) is 0 Å². The zero-order valence-corrected chi connectivity index (χ0v) is 15.9. The maximum Gasteiger partial charge on any atom is 0.424 e. The van der Waals surface area contributed by atoms with E-state index in [2.05, 4.69) is 20.6 Å². The van der Waals surface area contributed by atoms with E-state index in [0.717, 1.165) is 22.8 Å². The molecule has 1 aromatic carbocycles. The SMILES string of the molecule is CCNC(=NCc1cc(F)ccc1F)NCCC(O)(c1nccn1C)C(F)(F)F. The van der Waals surface area contributed by atoms with E-state index < -0.39 is 35.7 Å². The van der Waals surface area contributed by atoms with Crippen molar-refractivity contribution < 1.29 is 27.1 Å². The molecule has 29 heavy (non-hydrogen) atoms. The summed E-state index contributed by atoms with van der Waals surface area (Å²) in [6.07, 6.45) is -3.22. The Morgan fingerprint density at radius 2 is 1.97 bits per heavy atom. The number of aliphatic hydroxyl groups is 1. The Morgan fingerprint density at radius 3 is 2.55 bits per heavy atom. The zero-order chi connectivity index (χ0) is 21.7. The summed E-state index contributed by atoms with van der Waals surface area (Å²) in [7, 11) is 1.35. The van der Waals surface area contributed by atoms with E-state index in [1.54, 1.807) is 6.92 Å². The van der Waals surface area contributed by atoms with Crippen LogP contribution in [0.1, 0.15) is 24.7 Å². The highest BCUT2D eigenvalue weighted by Crippen LogP contribution is 2.40. The van der Waals surface area contributed by atoms with Crippen LogP contribution >= 0.6 is 0 Å². The van der Waals surface area contributed by atoms with Crippen molar-refractivity contribution in [2.24, 2.45) is 12.0 Å². The van der Waals surface area contributed by atoms with Gasteiger partial charge in [-0.2, -0.15) is 13.2 Å². The van der Waals surface area contributed by atoms with Crippen molar-refractivity contribution >= 4 is 5.96 Å². The molecule has 160 valence electrons. The zero-order valence-electron chi connectivity index (χ0n) is 15.9. The van der Waals surface area contributed by atoms with Crippen LogP contribution in [-0.2, 0) is 19.2 Å². The Morgan fingerprint density at radius 1 is 1.24 bits per heavy atom. The first kappa shape index (κ1) is 22.6. The minimum absolute atomic E-state index is 0.00186. The molecular formula is C18H22F5N5O. The number of benzene rings is 1. The summed E-state index contributed by atoms with van der Waals surface area (Å²) in [4.78, 5) is 7.68. The topological polar surface area (TPSA) is 74.5 Å². The van der Waals surface area contributed by atoms with Crippen molar-refractivity contribution in [1.29, 1.82) is 0 Å². The Hall–Kier alpha value is -2.69. The van der Waals surface area contributed by atoms with E-state index in [4.69, 9.17) is 0 Å². The van der Waals surface area contributed by atoms with E-state index in [1.807, 2.05) is 0 Å². The Kier molecular flexibility index (Phi) is 7.17. The lowest BCUT2D eigenvalue weighted by atomic mass is 9.97. The number of rotatable bonds is 7. The van der Waals surface area contributed by atoms with Gasteiger partial charge in [-0.1, -0.05) is 0 Å². The number of alkyl halides is 3. The lowest BCUT2D eigenvalue weighted by Crippen LogP contribution is -2.47. The number of hydrogen-bond acceptors (Lipinski definition) is 3. The summed E-state index contributed by atoms with van der Waals surface area (Å²) in [5.74, 6) is -1.71. The molecule has 1 heterocycles. The van der Waals surface area contributed by atoms with E-state index in [9.17, 15) is 27.1 Å². The van der Waals surface area contributed by atoms with Crippen LogP contribution in [-0.4, -0.2) is 39.9 Å². The average molecular weight is 419 g/mol. The lowest BCUT2D eigenvalue weighted by Gasteiger charge is -2.30. The number of imidazole rings is 1. The molecule has 0 aliphatic heterocycles. The second-order valence-electron chi connectivity index (χ2n) is 6.33. The molecule has 2 aromatic rings. The molecule has 2 rings (SSSR count). The van der Waals surface area contributed by atoms with Gasteiger partial charge in [0, 0.05) is 44.5 Å². The number of guanidine groups is 1. The number of nitrogens with zero attached hydrogens (tertiary/aromatic N) is 3. The number of aryl methyl sites for hydroxylation is 1. The van der Waals surface area contributed by atoms with Crippen LogP contribution in [0.4, 0.5) is 22.0 Å². The molecule has 0 aliphatic carbocycles. The monoisotopic (exact) mass is 419 g/mol. The highest BCUT2D eigenvalue weighted by atomic mass is 19.4. The second kappa shape index (κ2) is 9.21. The van der Waals surface area contributed by atoms with Crippen molar-refractivity contribution in [3.63, 3.8) is 0 Å². The van der Waals surface area contributed by atoms with E-state index in [-0.39, 0.29) is 24.6 Å². The first-order valence-electron chi connectivity index (χ1n) is 8.81. The molecule has 1 atom stereocenters. The second-order valence-corrected chi connectivity index (χ2v) is 6.33. The van der Waals surface area contributed by atoms with Crippen molar-refractivity contribution in [1.82, 2.24) is 20.2 Å². The summed E-state index contributed by atoms with van der Waals surface area (Å²) < 4.78 is 68.6. The summed E-state index contributed by atoms with van der Waals surface area (Å²) >= 11 is 0. The van der Waals surface area contributed by atoms with Crippen LogP contribution in [0.25, 0.3) is 0 Å². The van der Waals surface area contributed by atoms with Crippen molar-refractivity contribution in [2.45, 2.75) is 31.7 Å². The van der Waals surface area contributed by atoms with Crippen LogP contribution < -0.4 is 10.6 Å². The Labute approximate surface area is 164 Å². The molecule has 3 N–H and O–H groups in total. The summed E-state index contributed by atoms with van der Waals surface area (Å²) in [6.45, 7) is 1.60. The minimum Gasteiger partial charge on any atom is -0.374 e. The fraction of sp³-hybridized carbons (Fsp3) is 0.444. The fourth-order valence-electron chi connectivity index (χ4n) is 2.68. The third-order valence-electron chi connectivity index (χ3n) is 4.20. The predicted molar refractivity (Wildman–Crippen MR) is 97.0 cm³/mol. The molecule has 0 aliphatic rings. The smallest absolute Gasteiger partial charge is 0.374 e. The number of halogens is 5. The fourth-order valence-corrected chi connectivity index (χ4v) is 2.68. The standard InChI is InChI=1S/C18H22F5N5O/c1-3-24-16(27-11-12-10-13(19)4-5-14(12)20)26-7-6-17(29,18(21,22)23)15-25-8-9-28(15)2/h4-5,8-10,29H,3,6-7,11H2,1-2H3,(H2,24,26,27). The molecule has 0 amide bonds. The number of aliphatic imine (C=N–C) groups is 1. The molecule has 6 nitrogen and oxygen atoms in total. The first-order chi connectivity index (χ1) is 13.6. The van der Waals surface area contributed by atoms with Gasteiger partial charge in [-0.25, -0.2) is 18.8 Å². The highest BCUT2D eigenvalue weighted by Gasteiger charge is 2.57. The molecule has 0 spiro atoms. The maximum atomic E-state index is 13.7. The summed E-state index contributed by atoms with van der Waals surface area (Å²) in [5.41, 5.74) is -3.16. The van der Waals surface area contributed by atoms with Crippen LogP contribution in [0.15, 0.2) is 35.6 Å². The van der Waals surface area contributed by atoms with Crippen molar-refractivity contribution in [2.75, 3.05) is 13.1 Å². The highest BCUT2D eigenvalue weighted by molar-refractivity contribution is 5.79. The normalized spacial score (nSPS) is 14.6. The molecule has 0 bridgehead atoms. The Bertz CT molecular complexity index is 851. The summed E-state index contributed by atoms with van der Waals surface area (Å²) in [6, 6.07) is 2.93. The van der Waals surface area contributed by atoms with Crippen LogP contribution in [0.3, 0.4) is 0 Å². The van der Waals surface area contributed by atoms with Gasteiger partial charge in [0.25, 0.3) is 0 Å². The number of aromatic nitrogens is 2. The van der Waals surface area contributed by atoms with Gasteiger partial charge in [0.2, 0.25) is 5.60 Å². The van der Waals surface area contributed by atoms with Gasteiger partial charge in [-0.3, -0.25) is 0 Å². The average Bonchev–Trinajstić information content (AvgIpc) is 3.07. The lowest BCUT2D eigenvalue weighted by molar-refractivity contribution is -0.272. The third-order valence-corrected chi connectivity index (χ3v) is 4.20. The number of hydrogen-bond donors (Lipinski definition) is 3. The van der Waals surface area contributed by atoms with Crippen LogP contribution in [0, 0.1) is 11.6 Å². The molecule has 0 fully saturated rings. The van der Waals surface area contributed by atoms with E-state index in [1.165, 1.54) is 19.4 Å². The van der Waals surface area contributed by atoms with Crippen molar-refractivity contribution in [3.05, 3.63) is 53.6 Å². The van der Waals surface area contributed by atoms with E-state index >= 15 is 0 Å². The molecule has 11 heteroatoms. The van der Waals surface area contributed by atoms with Gasteiger partial charge in [-0.05, 0) is 25.1 Å². The van der Waals surface area contributed by atoms with Gasteiger partial charge in [-0.15, -0.1) is 0 Å². The molecular weight excluding hydrogens is 397 g/mol. The van der Waals surface area contributed by atoms with E-state index in [0.29, 0.717) is 6.54 Å². The van der Waals surface area contributed by atoms with Gasteiger partial charge in [0.15, 0.2) is 5.96 Å². The Balaban J connectivity index is 2.11. The number of nitrogens with one attached hydrogen (secondary N) is 2. The molecule has 0 radical (unpaired) electrons. The van der Waals surface area contributed by atoms with Gasteiger partial charge in [0.05, 0.1) is 6.54 Å². The first-order valence-corrected chi connectivity index (χ1v) is 8.81. The molecule has 1 aromatic heterocycles. The molecule has 1 unspecified atom stereocenters. The quantitative estimate of drug-likeness (QED) is 0.367. The third kappa shape index (κ3) is 5.43. The van der Waals surface area contributed by atoms with Crippen LogP contribution in [0.2, 0.25) is 0 Å². The van der Waals surface area contributed by atoms with Gasteiger partial charge < -0.3 is 20.3 Å². The molecule has 0 saturated heterocycles. The van der Waals surface area contributed by atoms with Gasteiger partial charge in [0.1, 0.15) is 17.5 Å². The summed E-state index contributed by atoms with van der Waals surface area (Å²) in [5, 5.41) is 15.8. The van der Waals surface area contributed by atoms with Gasteiger partial charge >= 0.3 is 6.18 Å². The molecule has 0 saturated carbocycles. The maximum absolute atomic E-state index is 13.7. The predicted octanol–water partition coefficient (Wildman–Crippen LogP) is 2.59. The minimum atomic E-state index is -4.95.